The molecule has 1 N–H and O–H groups in total. The summed E-state index contributed by atoms with van der Waals surface area (Å²) in [6, 6.07) is 7.10. The van der Waals surface area contributed by atoms with Gasteiger partial charge in [-0.25, -0.2) is 9.37 Å². The maximum atomic E-state index is 12.8. The van der Waals surface area contributed by atoms with E-state index in [1.54, 1.807) is 23.5 Å². The number of benzene rings is 1. The van der Waals surface area contributed by atoms with Crippen LogP contribution >= 0.6 is 11.3 Å². The van der Waals surface area contributed by atoms with Crippen molar-refractivity contribution in [2.45, 2.75) is 32.4 Å². The van der Waals surface area contributed by atoms with Crippen molar-refractivity contribution >= 4 is 22.2 Å². The van der Waals surface area contributed by atoms with Gasteiger partial charge in [0.05, 0.1) is 12.2 Å². The molecular weight excluding hydrogens is 273 g/mol. The van der Waals surface area contributed by atoms with Crippen LogP contribution in [0.1, 0.15) is 25.5 Å². The molecule has 1 fully saturated rings. The zero-order valence-electron chi connectivity index (χ0n) is 11.5. The van der Waals surface area contributed by atoms with Crippen molar-refractivity contribution in [2.24, 2.45) is 0 Å². The van der Waals surface area contributed by atoms with Crippen molar-refractivity contribution in [3.8, 4) is 0 Å². The second-order valence-corrected chi connectivity index (χ2v) is 5.84. The first-order valence-corrected chi connectivity index (χ1v) is 7.84. The molecule has 0 unspecified atom stereocenters. The molecule has 3 rings (SSSR count). The van der Waals surface area contributed by atoms with E-state index in [9.17, 15) is 4.39 Å². The molecule has 0 spiro atoms. The second-order valence-electron chi connectivity index (χ2n) is 5.00. The standard InChI is InChI=1S/C15H18FN3S/c1-2-19(14-7-8-14)15-18-13(10-20-15)9-17-12-5-3-11(16)4-6-12/h3-6,10,14,17H,2,7-9H2,1H3. The highest BCUT2D eigenvalue weighted by Gasteiger charge is 2.29. The summed E-state index contributed by atoms with van der Waals surface area (Å²) in [7, 11) is 0. The molecule has 1 aromatic carbocycles. The fraction of sp³-hybridized carbons (Fsp3) is 0.400. The molecule has 0 saturated heterocycles. The van der Waals surface area contributed by atoms with E-state index < -0.39 is 0 Å². The first kappa shape index (κ1) is 13.4. The normalized spacial score (nSPS) is 14.3. The van der Waals surface area contributed by atoms with E-state index in [2.05, 4.69) is 27.5 Å². The number of hydrogen-bond donors (Lipinski definition) is 1. The number of hydrogen-bond acceptors (Lipinski definition) is 4. The van der Waals surface area contributed by atoms with Gasteiger partial charge in [-0.05, 0) is 44.0 Å². The smallest absolute Gasteiger partial charge is 0.185 e. The van der Waals surface area contributed by atoms with Gasteiger partial charge in [0.2, 0.25) is 0 Å². The highest BCUT2D eigenvalue weighted by molar-refractivity contribution is 7.13. The Kier molecular flexibility index (Phi) is 3.87. The quantitative estimate of drug-likeness (QED) is 0.875. The van der Waals surface area contributed by atoms with Crippen molar-refractivity contribution in [3.05, 3.63) is 41.2 Å². The van der Waals surface area contributed by atoms with Crippen molar-refractivity contribution in [1.82, 2.24) is 4.98 Å². The van der Waals surface area contributed by atoms with E-state index in [1.807, 2.05) is 0 Å². The topological polar surface area (TPSA) is 28.2 Å². The molecule has 0 radical (unpaired) electrons. The first-order valence-electron chi connectivity index (χ1n) is 6.96. The zero-order chi connectivity index (χ0) is 13.9. The summed E-state index contributed by atoms with van der Waals surface area (Å²) in [6.07, 6.45) is 2.58. The van der Waals surface area contributed by atoms with E-state index in [-0.39, 0.29) is 5.82 Å². The van der Waals surface area contributed by atoms with E-state index in [4.69, 9.17) is 0 Å². The van der Waals surface area contributed by atoms with Crippen molar-refractivity contribution in [3.63, 3.8) is 0 Å². The lowest BCUT2D eigenvalue weighted by Gasteiger charge is -2.18. The maximum Gasteiger partial charge on any atom is 0.185 e. The Hall–Kier alpha value is -1.62. The average Bonchev–Trinajstić information content (AvgIpc) is 3.18. The van der Waals surface area contributed by atoms with Gasteiger partial charge < -0.3 is 10.2 Å². The minimum atomic E-state index is -0.213. The molecule has 1 aromatic heterocycles. The van der Waals surface area contributed by atoms with Gasteiger partial charge in [0.25, 0.3) is 0 Å². The molecule has 5 heteroatoms. The SMILES string of the molecule is CCN(c1nc(CNc2ccc(F)cc2)cs1)C1CC1. The lowest BCUT2D eigenvalue weighted by molar-refractivity contribution is 0.628. The van der Waals surface area contributed by atoms with Gasteiger partial charge >= 0.3 is 0 Å². The summed E-state index contributed by atoms with van der Waals surface area (Å²) in [5.41, 5.74) is 1.95. The molecule has 3 nitrogen and oxygen atoms in total. The average molecular weight is 291 g/mol. The molecular formula is C15H18FN3S. The largest absolute Gasteiger partial charge is 0.379 e. The van der Waals surface area contributed by atoms with Crippen LogP contribution in [0.4, 0.5) is 15.2 Å². The second kappa shape index (κ2) is 5.79. The fourth-order valence-electron chi connectivity index (χ4n) is 2.21. The van der Waals surface area contributed by atoms with Gasteiger partial charge in [-0.3, -0.25) is 0 Å². The molecule has 2 aromatic rings. The Labute approximate surface area is 122 Å². The highest BCUT2D eigenvalue weighted by atomic mass is 32.1. The van der Waals surface area contributed by atoms with E-state index in [0.717, 1.165) is 23.1 Å². The van der Waals surface area contributed by atoms with Crippen LogP contribution in [0.25, 0.3) is 0 Å². The van der Waals surface area contributed by atoms with Gasteiger partial charge in [0, 0.05) is 23.7 Å². The van der Waals surface area contributed by atoms with E-state index >= 15 is 0 Å². The van der Waals surface area contributed by atoms with Crippen LogP contribution in [0.15, 0.2) is 29.6 Å². The summed E-state index contributed by atoms with van der Waals surface area (Å²) in [6.45, 7) is 3.86. The van der Waals surface area contributed by atoms with Gasteiger partial charge in [-0.2, -0.15) is 0 Å². The Morgan fingerprint density at radius 1 is 1.35 bits per heavy atom. The lowest BCUT2D eigenvalue weighted by atomic mass is 10.3. The third kappa shape index (κ3) is 3.10. The van der Waals surface area contributed by atoms with Gasteiger partial charge in [-0.1, -0.05) is 0 Å². The first-order chi connectivity index (χ1) is 9.76. The summed E-state index contributed by atoms with van der Waals surface area (Å²) in [5, 5.41) is 6.47. The number of anilines is 2. The Morgan fingerprint density at radius 3 is 2.75 bits per heavy atom. The van der Waals surface area contributed by atoms with Crippen LogP contribution in [0.5, 0.6) is 0 Å². The predicted molar refractivity (Wildman–Crippen MR) is 81.9 cm³/mol. The minimum Gasteiger partial charge on any atom is -0.379 e. The maximum absolute atomic E-state index is 12.8. The van der Waals surface area contributed by atoms with Crippen LogP contribution in [-0.4, -0.2) is 17.6 Å². The third-order valence-electron chi connectivity index (χ3n) is 3.43. The molecule has 0 amide bonds. The number of nitrogens with zero attached hydrogens (tertiary/aromatic N) is 2. The lowest BCUT2D eigenvalue weighted by Crippen LogP contribution is -2.24. The van der Waals surface area contributed by atoms with Gasteiger partial charge in [0.1, 0.15) is 5.82 Å². The molecule has 1 aliphatic rings. The molecule has 0 bridgehead atoms. The predicted octanol–water partition coefficient (Wildman–Crippen LogP) is 3.88. The molecule has 20 heavy (non-hydrogen) atoms. The van der Waals surface area contributed by atoms with E-state index in [1.165, 1.54) is 25.0 Å². The number of rotatable bonds is 6. The fourth-order valence-corrected chi connectivity index (χ4v) is 3.17. The number of halogens is 1. The Morgan fingerprint density at radius 2 is 2.10 bits per heavy atom. The van der Waals surface area contributed by atoms with Crippen LogP contribution < -0.4 is 10.2 Å². The molecule has 106 valence electrons. The third-order valence-corrected chi connectivity index (χ3v) is 4.36. The summed E-state index contributed by atoms with van der Waals surface area (Å²) < 4.78 is 12.8. The van der Waals surface area contributed by atoms with Crippen molar-refractivity contribution in [1.29, 1.82) is 0 Å². The molecule has 0 atom stereocenters. The van der Waals surface area contributed by atoms with Crippen molar-refractivity contribution in [2.75, 3.05) is 16.8 Å². The number of aromatic nitrogens is 1. The Bertz CT molecular complexity index is 563. The van der Waals surface area contributed by atoms with Crippen LogP contribution in [0.2, 0.25) is 0 Å². The molecule has 1 heterocycles. The molecule has 1 saturated carbocycles. The van der Waals surface area contributed by atoms with Crippen molar-refractivity contribution < 1.29 is 4.39 Å². The number of nitrogens with one attached hydrogen (secondary N) is 1. The summed E-state index contributed by atoms with van der Waals surface area (Å²) >= 11 is 1.70. The highest BCUT2D eigenvalue weighted by Crippen LogP contribution is 2.33. The summed E-state index contributed by atoms with van der Waals surface area (Å²) in [4.78, 5) is 7.06. The molecule has 1 aliphatic carbocycles. The monoisotopic (exact) mass is 291 g/mol. The van der Waals surface area contributed by atoms with Gasteiger partial charge in [-0.15, -0.1) is 11.3 Å². The summed E-state index contributed by atoms with van der Waals surface area (Å²) in [5.74, 6) is -0.213. The van der Waals surface area contributed by atoms with Crippen LogP contribution in [0, 0.1) is 5.82 Å². The van der Waals surface area contributed by atoms with Gasteiger partial charge in [0.15, 0.2) is 5.13 Å². The van der Waals surface area contributed by atoms with E-state index in [0.29, 0.717) is 12.6 Å². The zero-order valence-corrected chi connectivity index (χ0v) is 12.3. The van der Waals surface area contributed by atoms with Crippen LogP contribution in [-0.2, 0) is 6.54 Å². The van der Waals surface area contributed by atoms with Crippen LogP contribution in [0.3, 0.4) is 0 Å². The Balaban J connectivity index is 1.60. The molecule has 0 aliphatic heterocycles. The number of thiazole rings is 1. The minimum absolute atomic E-state index is 0.213.